The molecule has 0 aliphatic heterocycles. The van der Waals surface area contributed by atoms with Gasteiger partial charge in [-0.05, 0) is 31.2 Å². The third-order valence-electron chi connectivity index (χ3n) is 4.11. The van der Waals surface area contributed by atoms with Gasteiger partial charge in [-0.2, -0.15) is 16.9 Å². The van der Waals surface area contributed by atoms with Gasteiger partial charge in [0.2, 0.25) is 0 Å². The highest BCUT2D eigenvalue weighted by Gasteiger charge is 2.17. The maximum atomic E-state index is 4.82. The Hall–Kier alpha value is -0.480. The number of aromatic nitrogens is 2. The van der Waals surface area contributed by atoms with Crippen molar-refractivity contribution in [1.29, 1.82) is 0 Å². The van der Waals surface area contributed by atoms with E-state index in [2.05, 4.69) is 43.2 Å². The molecular weight excluding hydrogens is 266 g/mol. The van der Waals surface area contributed by atoms with Crippen molar-refractivity contribution in [2.75, 3.05) is 12.8 Å². The van der Waals surface area contributed by atoms with Crippen LogP contribution in [0, 0.1) is 0 Å². The van der Waals surface area contributed by atoms with Gasteiger partial charge in [0, 0.05) is 24.4 Å². The summed E-state index contributed by atoms with van der Waals surface area (Å²) in [6.07, 6.45) is 9.97. The van der Waals surface area contributed by atoms with Crippen LogP contribution < -0.4 is 5.32 Å². The quantitative estimate of drug-likeness (QED) is 0.832. The minimum Gasteiger partial charge on any atom is -0.316 e. The first-order valence-corrected chi connectivity index (χ1v) is 9.07. The Labute approximate surface area is 127 Å². The molecular formula is C16H29N3S. The molecule has 1 heterocycles. The molecule has 114 valence electrons. The molecule has 1 aliphatic rings. The largest absolute Gasteiger partial charge is 0.316 e. The van der Waals surface area contributed by atoms with Gasteiger partial charge >= 0.3 is 0 Å². The average Bonchev–Trinajstić information content (AvgIpc) is 2.92. The molecule has 0 bridgehead atoms. The van der Waals surface area contributed by atoms with Crippen LogP contribution in [0.3, 0.4) is 0 Å². The van der Waals surface area contributed by atoms with E-state index in [4.69, 9.17) is 5.10 Å². The van der Waals surface area contributed by atoms with Crippen LogP contribution >= 0.6 is 11.8 Å². The lowest BCUT2D eigenvalue weighted by Crippen LogP contribution is -2.30. The second-order valence-electron chi connectivity index (χ2n) is 6.15. The summed E-state index contributed by atoms with van der Waals surface area (Å²) in [4.78, 5) is 0. The molecule has 3 nitrogen and oxygen atoms in total. The molecule has 4 heteroatoms. The van der Waals surface area contributed by atoms with E-state index in [1.54, 1.807) is 0 Å². The fourth-order valence-corrected chi connectivity index (χ4v) is 3.74. The SMILES string of the molecule is CNC(CSC(C)C)Cc1ccn(C2CCCCC2)n1. The monoisotopic (exact) mass is 295 g/mol. The van der Waals surface area contributed by atoms with Gasteiger partial charge in [0.05, 0.1) is 11.7 Å². The van der Waals surface area contributed by atoms with Gasteiger partial charge in [-0.3, -0.25) is 4.68 Å². The number of nitrogens with one attached hydrogen (secondary N) is 1. The minimum atomic E-state index is 0.525. The molecule has 1 N–H and O–H groups in total. The van der Waals surface area contributed by atoms with Crippen molar-refractivity contribution in [3.63, 3.8) is 0 Å². The summed E-state index contributed by atoms with van der Waals surface area (Å²) in [6.45, 7) is 4.52. The summed E-state index contributed by atoms with van der Waals surface area (Å²) in [6, 6.07) is 3.38. The molecule has 1 aromatic rings. The second-order valence-corrected chi connectivity index (χ2v) is 7.76. The van der Waals surface area contributed by atoms with E-state index >= 15 is 0 Å². The molecule has 0 aromatic carbocycles. The van der Waals surface area contributed by atoms with Gasteiger partial charge in [-0.1, -0.05) is 33.1 Å². The van der Waals surface area contributed by atoms with E-state index in [9.17, 15) is 0 Å². The summed E-state index contributed by atoms with van der Waals surface area (Å²) >= 11 is 2.02. The molecule has 1 unspecified atom stereocenters. The maximum Gasteiger partial charge on any atom is 0.0640 e. The number of thioether (sulfide) groups is 1. The molecule has 1 saturated carbocycles. The van der Waals surface area contributed by atoms with Crippen molar-refractivity contribution in [2.45, 2.75) is 69.7 Å². The third kappa shape index (κ3) is 4.81. The van der Waals surface area contributed by atoms with E-state index in [1.807, 2.05) is 11.8 Å². The molecule has 1 fully saturated rings. The first-order valence-electron chi connectivity index (χ1n) is 8.02. The minimum absolute atomic E-state index is 0.525. The number of rotatable bonds is 7. The molecule has 0 radical (unpaired) electrons. The molecule has 20 heavy (non-hydrogen) atoms. The number of nitrogens with zero attached hydrogens (tertiary/aromatic N) is 2. The Kier molecular flexibility index (Phi) is 6.43. The van der Waals surface area contributed by atoms with Gasteiger partial charge in [0.15, 0.2) is 0 Å². The smallest absolute Gasteiger partial charge is 0.0640 e. The molecule has 1 aliphatic carbocycles. The number of likely N-dealkylation sites (N-methyl/N-ethyl adjacent to an activating group) is 1. The predicted octanol–water partition coefficient (Wildman–Crippen LogP) is 3.66. The van der Waals surface area contributed by atoms with Crippen molar-refractivity contribution >= 4 is 11.8 Å². The lowest BCUT2D eigenvalue weighted by Gasteiger charge is -2.22. The van der Waals surface area contributed by atoms with E-state index in [0.29, 0.717) is 17.3 Å². The topological polar surface area (TPSA) is 29.9 Å². The number of hydrogen-bond donors (Lipinski definition) is 1. The highest BCUT2D eigenvalue weighted by Crippen LogP contribution is 2.27. The average molecular weight is 295 g/mol. The van der Waals surface area contributed by atoms with Crippen LogP contribution in [0.2, 0.25) is 0 Å². The third-order valence-corrected chi connectivity index (χ3v) is 5.37. The lowest BCUT2D eigenvalue weighted by molar-refractivity contribution is 0.327. The number of hydrogen-bond acceptors (Lipinski definition) is 3. The van der Waals surface area contributed by atoms with Crippen LogP contribution in [0.5, 0.6) is 0 Å². The summed E-state index contributed by atoms with van der Waals surface area (Å²) < 4.78 is 2.22. The Morgan fingerprint density at radius 1 is 1.35 bits per heavy atom. The van der Waals surface area contributed by atoms with Crippen LogP contribution in [-0.4, -0.2) is 33.9 Å². The van der Waals surface area contributed by atoms with Crippen molar-refractivity contribution < 1.29 is 0 Å². The normalized spacial score (nSPS) is 18.6. The van der Waals surface area contributed by atoms with Crippen LogP contribution in [0.4, 0.5) is 0 Å². The van der Waals surface area contributed by atoms with Gasteiger partial charge in [-0.15, -0.1) is 0 Å². The van der Waals surface area contributed by atoms with Gasteiger partial charge in [0.1, 0.15) is 0 Å². The molecule has 0 spiro atoms. The van der Waals surface area contributed by atoms with Crippen LogP contribution in [-0.2, 0) is 6.42 Å². The zero-order valence-corrected chi connectivity index (χ0v) is 14.0. The summed E-state index contributed by atoms with van der Waals surface area (Å²) in [5.41, 5.74) is 1.24. The first-order chi connectivity index (χ1) is 9.69. The fraction of sp³-hybridized carbons (Fsp3) is 0.812. The zero-order valence-electron chi connectivity index (χ0n) is 13.1. The standard InChI is InChI=1S/C16H29N3S/c1-13(2)20-12-15(17-3)11-14-9-10-19(18-14)16-7-5-4-6-8-16/h9-10,13,15-17H,4-8,11-12H2,1-3H3. The summed E-state index contributed by atoms with van der Waals surface area (Å²) in [7, 11) is 2.06. The van der Waals surface area contributed by atoms with Crippen molar-refractivity contribution in [3.8, 4) is 0 Å². The fourth-order valence-electron chi connectivity index (χ4n) is 2.84. The van der Waals surface area contributed by atoms with Gasteiger partial charge in [-0.25, -0.2) is 0 Å². The molecule has 0 saturated heterocycles. The van der Waals surface area contributed by atoms with Crippen molar-refractivity contribution in [1.82, 2.24) is 15.1 Å². The van der Waals surface area contributed by atoms with Gasteiger partial charge < -0.3 is 5.32 Å². The Bertz CT molecular complexity index is 383. The highest BCUT2D eigenvalue weighted by molar-refractivity contribution is 7.99. The molecule has 1 atom stereocenters. The molecule has 1 aromatic heterocycles. The van der Waals surface area contributed by atoms with Crippen molar-refractivity contribution in [3.05, 3.63) is 18.0 Å². The Morgan fingerprint density at radius 3 is 2.75 bits per heavy atom. The zero-order chi connectivity index (χ0) is 14.4. The molecule has 0 amide bonds. The van der Waals surface area contributed by atoms with Crippen LogP contribution in [0.25, 0.3) is 0 Å². The van der Waals surface area contributed by atoms with E-state index in [0.717, 1.165) is 12.2 Å². The first kappa shape index (κ1) is 15.9. The van der Waals surface area contributed by atoms with Crippen LogP contribution in [0.1, 0.15) is 57.7 Å². The summed E-state index contributed by atoms with van der Waals surface area (Å²) in [5, 5.41) is 8.94. The predicted molar refractivity (Wildman–Crippen MR) is 88.5 cm³/mol. The second kappa shape index (κ2) is 8.08. The lowest BCUT2D eigenvalue weighted by atomic mass is 9.96. The van der Waals surface area contributed by atoms with Gasteiger partial charge in [0.25, 0.3) is 0 Å². The highest BCUT2D eigenvalue weighted by atomic mass is 32.2. The van der Waals surface area contributed by atoms with E-state index in [-0.39, 0.29) is 0 Å². The summed E-state index contributed by atoms with van der Waals surface area (Å²) in [5.74, 6) is 1.16. The van der Waals surface area contributed by atoms with Crippen LogP contribution in [0.15, 0.2) is 12.3 Å². The maximum absolute atomic E-state index is 4.82. The van der Waals surface area contributed by atoms with Crippen molar-refractivity contribution in [2.24, 2.45) is 0 Å². The Balaban J connectivity index is 1.87. The van der Waals surface area contributed by atoms with E-state index < -0.39 is 0 Å². The van der Waals surface area contributed by atoms with E-state index in [1.165, 1.54) is 37.8 Å². The Morgan fingerprint density at radius 2 is 2.10 bits per heavy atom. The molecule has 2 rings (SSSR count).